The second-order valence-electron chi connectivity index (χ2n) is 7.50. The van der Waals surface area contributed by atoms with Gasteiger partial charge in [0, 0.05) is 6.42 Å². The fourth-order valence-corrected chi connectivity index (χ4v) is 3.69. The summed E-state index contributed by atoms with van der Waals surface area (Å²) in [6.07, 6.45) is -0.956. The van der Waals surface area contributed by atoms with E-state index in [2.05, 4.69) is 0 Å². The molecule has 0 aliphatic carbocycles. The average Bonchev–Trinajstić information content (AvgIpc) is 2.84. The first-order valence-corrected chi connectivity index (χ1v) is 11.1. The fraction of sp³-hybridized carbons (Fsp3) is 0.111. The van der Waals surface area contributed by atoms with Crippen LogP contribution in [0.5, 0.6) is 0 Å². The average molecular weight is 479 g/mol. The van der Waals surface area contributed by atoms with Gasteiger partial charge in [0.1, 0.15) is 6.61 Å². The van der Waals surface area contributed by atoms with E-state index in [1.165, 1.54) is 18.2 Å². The molecule has 0 fully saturated rings. The molecule has 0 N–H and O–H groups in total. The molecule has 0 saturated carbocycles. The van der Waals surface area contributed by atoms with Gasteiger partial charge in [0.05, 0.1) is 15.6 Å². The standard InChI is InChI=1S/C27H20Cl2O4/c28-23-13-12-22(16-24(23)29)26(30)33-25(27(31)32-17-18-6-2-1-3-7-18)15-19-10-11-20-8-4-5-9-21(20)14-19/h1-14,16,25H,15,17H2/t25-/m1/s1. The summed E-state index contributed by atoms with van der Waals surface area (Å²) in [6.45, 7) is 0.0816. The quantitative estimate of drug-likeness (QED) is 0.278. The van der Waals surface area contributed by atoms with E-state index in [1.807, 2.05) is 72.8 Å². The van der Waals surface area contributed by atoms with Crippen LogP contribution in [0, 0.1) is 0 Å². The Labute approximate surface area is 201 Å². The molecule has 4 nitrogen and oxygen atoms in total. The number of fused-ring (bicyclic) bond motifs is 1. The van der Waals surface area contributed by atoms with Crippen LogP contribution in [0.15, 0.2) is 91.0 Å². The van der Waals surface area contributed by atoms with Gasteiger partial charge in [-0.15, -0.1) is 0 Å². The molecule has 0 heterocycles. The Morgan fingerprint density at radius 3 is 2.21 bits per heavy atom. The highest BCUT2D eigenvalue weighted by Crippen LogP contribution is 2.24. The predicted molar refractivity (Wildman–Crippen MR) is 130 cm³/mol. The largest absolute Gasteiger partial charge is 0.458 e. The molecule has 0 spiro atoms. The van der Waals surface area contributed by atoms with Gasteiger partial charge in [0.25, 0.3) is 0 Å². The smallest absolute Gasteiger partial charge is 0.348 e. The third-order valence-corrected chi connectivity index (χ3v) is 5.87. The first-order valence-electron chi connectivity index (χ1n) is 10.3. The summed E-state index contributed by atoms with van der Waals surface area (Å²) in [7, 11) is 0. The van der Waals surface area contributed by atoms with Gasteiger partial charge >= 0.3 is 11.9 Å². The van der Waals surface area contributed by atoms with Crippen molar-refractivity contribution in [3.05, 3.63) is 118 Å². The van der Waals surface area contributed by atoms with E-state index >= 15 is 0 Å². The molecule has 166 valence electrons. The minimum Gasteiger partial charge on any atom is -0.458 e. The second kappa shape index (κ2) is 10.5. The number of carbonyl (C=O) groups is 2. The number of benzene rings is 4. The van der Waals surface area contributed by atoms with E-state index in [9.17, 15) is 9.59 Å². The van der Waals surface area contributed by atoms with E-state index in [0.29, 0.717) is 5.02 Å². The summed E-state index contributed by atoms with van der Waals surface area (Å²) in [5.74, 6) is -1.31. The van der Waals surface area contributed by atoms with Gasteiger partial charge in [-0.2, -0.15) is 0 Å². The Bertz CT molecular complexity index is 1290. The number of rotatable bonds is 7. The molecule has 0 aliphatic rings. The van der Waals surface area contributed by atoms with E-state index in [-0.39, 0.29) is 23.6 Å². The van der Waals surface area contributed by atoms with Crippen molar-refractivity contribution in [1.82, 2.24) is 0 Å². The molecule has 4 rings (SSSR count). The number of carbonyl (C=O) groups excluding carboxylic acids is 2. The van der Waals surface area contributed by atoms with Crippen LogP contribution >= 0.6 is 23.2 Å². The van der Waals surface area contributed by atoms with Crippen LogP contribution in [0.1, 0.15) is 21.5 Å². The normalized spacial score (nSPS) is 11.7. The van der Waals surface area contributed by atoms with Gasteiger partial charge in [-0.05, 0) is 40.1 Å². The molecule has 4 aromatic rings. The molecule has 0 radical (unpaired) electrons. The zero-order chi connectivity index (χ0) is 23.2. The minimum atomic E-state index is -1.13. The summed E-state index contributed by atoms with van der Waals surface area (Å²) in [5.41, 5.74) is 1.88. The molecule has 33 heavy (non-hydrogen) atoms. The third kappa shape index (κ3) is 5.92. The van der Waals surface area contributed by atoms with E-state index in [0.717, 1.165) is 21.9 Å². The Morgan fingerprint density at radius 2 is 1.45 bits per heavy atom. The highest BCUT2D eigenvalue weighted by molar-refractivity contribution is 6.42. The van der Waals surface area contributed by atoms with Crippen LogP contribution in [0.4, 0.5) is 0 Å². The van der Waals surface area contributed by atoms with Crippen LogP contribution in [0.3, 0.4) is 0 Å². The number of esters is 2. The molecular formula is C27H20Cl2O4. The van der Waals surface area contributed by atoms with Gasteiger partial charge in [-0.3, -0.25) is 0 Å². The maximum absolute atomic E-state index is 12.9. The highest BCUT2D eigenvalue weighted by atomic mass is 35.5. The summed E-state index contributed by atoms with van der Waals surface area (Å²) in [4.78, 5) is 25.7. The van der Waals surface area contributed by atoms with Gasteiger partial charge in [-0.25, -0.2) is 9.59 Å². The molecule has 0 aromatic heterocycles. The summed E-state index contributed by atoms with van der Waals surface area (Å²) in [5, 5.41) is 2.66. The van der Waals surface area contributed by atoms with Crippen molar-refractivity contribution in [1.29, 1.82) is 0 Å². The lowest BCUT2D eigenvalue weighted by Gasteiger charge is -2.18. The predicted octanol–water partition coefficient (Wildman–Crippen LogP) is 6.66. The highest BCUT2D eigenvalue weighted by Gasteiger charge is 2.26. The van der Waals surface area contributed by atoms with E-state index < -0.39 is 18.0 Å². The van der Waals surface area contributed by atoms with Crippen molar-refractivity contribution in [3.63, 3.8) is 0 Å². The molecule has 0 aliphatic heterocycles. The number of ether oxygens (including phenoxy) is 2. The van der Waals surface area contributed by atoms with E-state index in [4.69, 9.17) is 32.7 Å². The van der Waals surface area contributed by atoms with Crippen LogP contribution in [0.2, 0.25) is 10.0 Å². The molecule has 1 atom stereocenters. The Balaban J connectivity index is 1.55. The second-order valence-corrected chi connectivity index (χ2v) is 8.32. The van der Waals surface area contributed by atoms with Crippen molar-refractivity contribution in [3.8, 4) is 0 Å². The molecule has 0 saturated heterocycles. The summed E-state index contributed by atoms with van der Waals surface area (Å²) < 4.78 is 11.0. The molecular weight excluding hydrogens is 459 g/mol. The van der Waals surface area contributed by atoms with Crippen molar-refractivity contribution < 1.29 is 19.1 Å². The van der Waals surface area contributed by atoms with Gasteiger partial charge in [0.15, 0.2) is 0 Å². The van der Waals surface area contributed by atoms with Gasteiger partial charge < -0.3 is 9.47 Å². The van der Waals surface area contributed by atoms with Crippen molar-refractivity contribution >= 4 is 45.9 Å². The molecule has 0 bridgehead atoms. The van der Waals surface area contributed by atoms with Crippen molar-refractivity contribution in [2.75, 3.05) is 0 Å². The molecule has 0 amide bonds. The molecule has 0 unspecified atom stereocenters. The number of hydrogen-bond acceptors (Lipinski definition) is 4. The molecule has 4 aromatic carbocycles. The van der Waals surface area contributed by atoms with Crippen LogP contribution in [0.25, 0.3) is 10.8 Å². The Kier molecular flexibility index (Phi) is 7.28. The molecule has 6 heteroatoms. The summed E-state index contributed by atoms with van der Waals surface area (Å²) >= 11 is 12.0. The monoisotopic (exact) mass is 478 g/mol. The topological polar surface area (TPSA) is 52.6 Å². The van der Waals surface area contributed by atoms with Crippen molar-refractivity contribution in [2.45, 2.75) is 19.1 Å². The zero-order valence-electron chi connectivity index (χ0n) is 17.5. The SMILES string of the molecule is O=C(O[C@H](Cc1ccc2ccccc2c1)C(=O)OCc1ccccc1)c1ccc(Cl)c(Cl)c1. The Hall–Kier alpha value is -3.34. The van der Waals surface area contributed by atoms with Crippen LogP contribution in [-0.2, 0) is 27.3 Å². The number of hydrogen-bond donors (Lipinski definition) is 0. The first kappa shape index (κ1) is 22.8. The fourth-order valence-electron chi connectivity index (χ4n) is 3.39. The van der Waals surface area contributed by atoms with Gasteiger partial charge in [0.2, 0.25) is 6.10 Å². The zero-order valence-corrected chi connectivity index (χ0v) is 19.1. The number of halogens is 2. The lowest BCUT2D eigenvalue weighted by molar-refractivity contribution is -0.155. The Morgan fingerprint density at radius 1 is 0.727 bits per heavy atom. The van der Waals surface area contributed by atoms with Crippen LogP contribution < -0.4 is 0 Å². The van der Waals surface area contributed by atoms with E-state index in [1.54, 1.807) is 0 Å². The third-order valence-electron chi connectivity index (χ3n) is 5.13. The van der Waals surface area contributed by atoms with Crippen LogP contribution in [-0.4, -0.2) is 18.0 Å². The first-order chi connectivity index (χ1) is 16.0. The maximum atomic E-state index is 12.9. The maximum Gasteiger partial charge on any atom is 0.348 e. The summed E-state index contributed by atoms with van der Waals surface area (Å²) in [6, 6.07) is 27.5. The van der Waals surface area contributed by atoms with Gasteiger partial charge in [-0.1, -0.05) is 96.0 Å². The lowest BCUT2D eigenvalue weighted by atomic mass is 10.0. The van der Waals surface area contributed by atoms with Crippen molar-refractivity contribution in [2.24, 2.45) is 0 Å². The minimum absolute atomic E-state index is 0.0816. The lowest BCUT2D eigenvalue weighted by Crippen LogP contribution is -2.31.